The maximum Gasteiger partial charge on any atom is 0.319 e. The minimum Gasteiger partial charge on any atom is -0.462 e. The monoisotopic (exact) mass is 489 g/mol. The molecule has 2 aromatic rings. The molecule has 0 spiro atoms. The van der Waals surface area contributed by atoms with Gasteiger partial charge in [0.05, 0.1) is 16.5 Å². The Bertz CT molecular complexity index is 1010. The summed E-state index contributed by atoms with van der Waals surface area (Å²) in [6.07, 6.45) is 2.86. The minimum absolute atomic E-state index is 0.137. The lowest BCUT2D eigenvalue weighted by molar-refractivity contribution is 0.0126. The lowest BCUT2D eigenvalue weighted by atomic mass is 9.98. The van der Waals surface area contributed by atoms with Crippen LogP contribution in [0.4, 0.5) is 23.4 Å². The quantitative estimate of drug-likeness (QED) is 0.501. The van der Waals surface area contributed by atoms with E-state index in [1.165, 1.54) is 6.07 Å². The van der Waals surface area contributed by atoms with Crippen molar-refractivity contribution < 1.29 is 27.4 Å². The van der Waals surface area contributed by atoms with E-state index in [9.17, 15) is 22.7 Å². The molecule has 1 aliphatic heterocycles. The van der Waals surface area contributed by atoms with Crippen LogP contribution in [0, 0.1) is 28.9 Å². The molecular formula is C20H20BrF4N3O2. The summed E-state index contributed by atoms with van der Waals surface area (Å²) in [5, 5.41) is 9.58. The normalized spacial score (nSPS) is 29.5. The molecule has 1 aromatic heterocycles. The molecule has 1 saturated heterocycles. The SMILES string of the molecule is OCC1(COc2nc(N3CC4CCC(C4)C3)c3cc(F)c(Br)c(F)c3n2)CC1(F)F. The highest BCUT2D eigenvalue weighted by Gasteiger charge is 2.71. The van der Waals surface area contributed by atoms with Crippen LogP contribution in [-0.2, 0) is 0 Å². The minimum atomic E-state index is -3.02. The Morgan fingerprint density at radius 3 is 2.47 bits per heavy atom. The van der Waals surface area contributed by atoms with Gasteiger partial charge in [-0.2, -0.15) is 9.97 Å². The largest absolute Gasteiger partial charge is 0.462 e. The summed E-state index contributed by atoms with van der Waals surface area (Å²) >= 11 is 2.88. The number of fused-ring (bicyclic) bond motifs is 3. The molecule has 5 rings (SSSR count). The number of nitrogens with zero attached hydrogens (tertiary/aromatic N) is 3. The fraction of sp³-hybridized carbons (Fsp3) is 0.600. The average molecular weight is 490 g/mol. The number of halogens is 5. The summed E-state index contributed by atoms with van der Waals surface area (Å²) in [5.41, 5.74) is -1.81. The summed E-state index contributed by atoms with van der Waals surface area (Å²) in [6, 6.07) is 0.922. The predicted molar refractivity (Wildman–Crippen MR) is 105 cm³/mol. The molecule has 3 fully saturated rings. The number of alkyl halides is 2. The van der Waals surface area contributed by atoms with Crippen LogP contribution in [-0.4, -0.2) is 47.3 Å². The molecule has 0 amide bonds. The van der Waals surface area contributed by atoms with E-state index in [4.69, 9.17) is 4.74 Å². The van der Waals surface area contributed by atoms with E-state index < -0.39 is 42.6 Å². The van der Waals surface area contributed by atoms with E-state index in [0.29, 0.717) is 30.7 Å². The van der Waals surface area contributed by atoms with Crippen LogP contribution in [0.3, 0.4) is 0 Å². The molecule has 3 atom stereocenters. The Kier molecular flexibility index (Phi) is 4.66. The Morgan fingerprint density at radius 1 is 1.20 bits per heavy atom. The Balaban J connectivity index is 1.55. The zero-order valence-corrected chi connectivity index (χ0v) is 17.6. The van der Waals surface area contributed by atoms with Gasteiger partial charge in [-0.05, 0) is 53.1 Å². The van der Waals surface area contributed by atoms with Gasteiger partial charge in [-0.3, -0.25) is 0 Å². The summed E-state index contributed by atoms with van der Waals surface area (Å²) < 4.78 is 61.4. The van der Waals surface area contributed by atoms with Crippen molar-refractivity contribution in [1.82, 2.24) is 9.97 Å². The number of anilines is 1. The Morgan fingerprint density at radius 2 is 1.87 bits per heavy atom. The zero-order chi connectivity index (χ0) is 21.3. The second-order valence-corrected chi connectivity index (χ2v) is 9.56. The molecule has 0 radical (unpaired) electrons. The van der Waals surface area contributed by atoms with E-state index in [1.54, 1.807) is 0 Å². The molecule has 30 heavy (non-hydrogen) atoms. The number of rotatable bonds is 5. The van der Waals surface area contributed by atoms with E-state index in [1.807, 2.05) is 4.90 Å². The van der Waals surface area contributed by atoms with Gasteiger partial charge in [0.15, 0.2) is 5.82 Å². The van der Waals surface area contributed by atoms with E-state index in [-0.39, 0.29) is 21.4 Å². The van der Waals surface area contributed by atoms with Crippen molar-refractivity contribution in [2.75, 3.05) is 31.2 Å². The van der Waals surface area contributed by atoms with Gasteiger partial charge in [-0.1, -0.05) is 0 Å². The smallest absolute Gasteiger partial charge is 0.319 e. The highest BCUT2D eigenvalue weighted by Crippen LogP contribution is 2.60. The fourth-order valence-corrected chi connectivity index (χ4v) is 5.08. The third kappa shape index (κ3) is 3.14. The Hall–Kier alpha value is -1.68. The fourth-order valence-electron chi connectivity index (χ4n) is 4.78. The average Bonchev–Trinajstić information content (AvgIpc) is 3.12. The van der Waals surface area contributed by atoms with Gasteiger partial charge >= 0.3 is 6.01 Å². The molecule has 2 saturated carbocycles. The molecule has 2 heterocycles. The number of piperidine rings is 1. The topological polar surface area (TPSA) is 58.5 Å². The van der Waals surface area contributed by atoms with Gasteiger partial charge in [0.25, 0.3) is 5.92 Å². The first-order chi connectivity index (χ1) is 14.2. The Labute approximate surface area is 178 Å². The molecule has 162 valence electrons. The second kappa shape index (κ2) is 6.91. The summed E-state index contributed by atoms with van der Waals surface area (Å²) in [5.74, 6) is -3.36. The number of ether oxygens (including phenoxy) is 1. The molecule has 1 aromatic carbocycles. The number of benzene rings is 1. The van der Waals surface area contributed by atoms with E-state index >= 15 is 0 Å². The van der Waals surface area contributed by atoms with Crippen LogP contribution in [0.1, 0.15) is 25.7 Å². The summed E-state index contributed by atoms with van der Waals surface area (Å²) in [7, 11) is 0. The van der Waals surface area contributed by atoms with Crippen LogP contribution in [0.25, 0.3) is 10.9 Å². The first kappa shape index (κ1) is 20.2. The van der Waals surface area contributed by atoms with Crippen LogP contribution in [0.15, 0.2) is 10.5 Å². The van der Waals surface area contributed by atoms with Crippen molar-refractivity contribution in [3.63, 3.8) is 0 Å². The standard InChI is InChI=1S/C20H20BrF4N3O2/c21-14-13(22)4-12-16(15(14)23)26-18(30-9-19(8-29)7-20(19,24)25)27-17(12)28-5-10-1-2-11(3-10)6-28/h4,10-11,29H,1-3,5-9H2. The van der Waals surface area contributed by atoms with Crippen LogP contribution < -0.4 is 9.64 Å². The van der Waals surface area contributed by atoms with Gasteiger partial charge in [0.1, 0.15) is 23.8 Å². The lowest BCUT2D eigenvalue weighted by Gasteiger charge is -2.33. The maximum atomic E-state index is 14.8. The molecule has 3 unspecified atom stereocenters. The van der Waals surface area contributed by atoms with Crippen molar-refractivity contribution in [2.24, 2.45) is 17.3 Å². The zero-order valence-electron chi connectivity index (χ0n) is 16.0. The number of hydrogen-bond donors (Lipinski definition) is 1. The van der Waals surface area contributed by atoms with Crippen molar-refractivity contribution in [1.29, 1.82) is 0 Å². The van der Waals surface area contributed by atoms with Crippen molar-refractivity contribution in [3.8, 4) is 6.01 Å². The number of aliphatic hydroxyl groups is 1. The van der Waals surface area contributed by atoms with Crippen LogP contribution >= 0.6 is 15.9 Å². The first-order valence-electron chi connectivity index (χ1n) is 9.95. The summed E-state index contributed by atoms with van der Waals surface area (Å²) in [4.78, 5) is 10.4. The molecule has 10 heteroatoms. The molecule has 2 aliphatic carbocycles. The lowest BCUT2D eigenvalue weighted by Crippen LogP contribution is -2.37. The molecule has 5 nitrogen and oxygen atoms in total. The van der Waals surface area contributed by atoms with Crippen molar-refractivity contribution in [3.05, 3.63) is 22.2 Å². The highest BCUT2D eigenvalue weighted by molar-refractivity contribution is 9.10. The van der Waals surface area contributed by atoms with E-state index in [2.05, 4.69) is 25.9 Å². The maximum absolute atomic E-state index is 14.8. The molecule has 3 aliphatic rings. The predicted octanol–water partition coefficient (Wildman–Crippen LogP) is 4.30. The third-order valence-corrected chi connectivity index (χ3v) is 7.41. The molecular weight excluding hydrogens is 470 g/mol. The summed E-state index contributed by atoms with van der Waals surface area (Å²) in [6.45, 7) is 0.192. The van der Waals surface area contributed by atoms with Gasteiger partial charge in [-0.25, -0.2) is 17.6 Å². The number of aliphatic hydroxyl groups excluding tert-OH is 1. The first-order valence-corrected chi connectivity index (χ1v) is 10.7. The van der Waals surface area contributed by atoms with Crippen LogP contribution in [0.5, 0.6) is 6.01 Å². The highest BCUT2D eigenvalue weighted by atomic mass is 79.9. The third-order valence-electron chi connectivity index (χ3n) is 6.68. The molecule has 1 N–H and O–H groups in total. The van der Waals surface area contributed by atoms with Crippen molar-refractivity contribution in [2.45, 2.75) is 31.6 Å². The van der Waals surface area contributed by atoms with Gasteiger partial charge in [0, 0.05) is 24.9 Å². The van der Waals surface area contributed by atoms with Gasteiger partial charge in [0.2, 0.25) is 0 Å². The number of hydrogen-bond acceptors (Lipinski definition) is 5. The second-order valence-electron chi connectivity index (χ2n) is 8.77. The van der Waals surface area contributed by atoms with Gasteiger partial charge in [-0.15, -0.1) is 0 Å². The van der Waals surface area contributed by atoms with Gasteiger partial charge < -0.3 is 14.7 Å². The van der Waals surface area contributed by atoms with E-state index in [0.717, 1.165) is 19.3 Å². The van der Waals surface area contributed by atoms with Crippen LogP contribution in [0.2, 0.25) is 0 Å². The molecule has 2 bridgehead atoms. The number of aromatic nitrogens is 2. The van der Waals surface area contributed by atoms with Crippen molar-refractivity contribution >= 4 is 32.7 Å².